The second kappa shape index (κ2) is 9.42. The topological polar surface area (TPSA) is 74.4 Å². The first-order chi connectivity index (χ1) is 14.9. The number of aromatic amines is 1. The lowest BCUT2D eigenvalue weighted by Crippen LogP contribution is -2.39. The van der Waals surface area contributed by atoms with Gasteiger partial charge in [0.05, 0.1) is 28.8 Å². The number of anilines is 1. The van der Waals surface area contributed by atoms with Gasteiger partial charge >= 0.3 is 0 Å². The summed E-state index contributed by atoms with van der Waals surface area (Å²) in [5.41, 5.74) is 5.59. The Bertz CT molecular complexity index is 1110. The number of ether oxygens (including phenoxy) is 1. The van der Waals surface area contributed by atoms with E-state index in [1.807, 2.05) is 18.2 Å². The number of rotatable bonds is 8. The number of methoxy groups -OCH3 is 1. The Morgan fingerprint density at radius 3 is 2.58 bits per heavy atom. The highest BCUT2D eigenvalue weighted by atomic mass is 32.2. The predicted molar refractivity (Wildman–Crippen MR) is 127 cm³/mol. The molecule has 3 aromatic rings. The van der Waals surface area contributed by atoms with Crippen molar-refractivity contribution in [2.75, 3.05) is 43.6 Å². The molecule has 166 valence electrons. The number of H-pyrrole nitrogens is 1. The van der Waals surface area contributed by atoms with E-state index in [1.165, 1.54) is 5.56 Å². The molecule has 0 spiro atoms. The van der Waals surface area contributed by atoms with Gasteiger partial charge in [0.2, 0.25) is 0 Å². The zero-order valence-corrected chi connectivity index (χ0v) is 19.0. The Balaban J connectivity index is 1.61. The molecule has 0 bridgehead atoms. The van der Waals surface area contributed by atoms with Crippen LogP contribution in [0.15, 0.2) is 48.5 Å². The van der Waals surface area contributed by atoms with Gasteiger partial charge in [-0.15, -0.1) is 0 Å². The lowest BCUT2D eigenvalue weighted by Gasteiger charge is -2.26. The fourth-order valence-corrected chi connectivity index (χ4v) is 5.28. The average Bonchev–Trinajstić information content (AvgIpc) is 3.20. The van der Waals surface area contributed by atoms with Gasteiger partial charge < -0.3 is 15.0 Å². The first-order valence-electron chi connectivity index (χ1n) is 10.8. The maximum Gasteiger partial charge on any atom is 0.152 e. The van der Waals surface area contributed by atoms with Crippen molar-refractivity contribution in [1.29, 1.82) is 0 Å². The van der Waals surface area contributed by atoms with E-state index in [2.05, 4.69) is 52.5 Å². The van der Waals surface area contributed by atoms with Crippen LogP contribution in [0.25, 0.3) is 22.2 Å². The summed E-state index contributed by atoms with van der Waals surface area (Å²) in [6, 6.07) is 16.9. The Hall–Kier alpha value is -2.35. The average molecular weight is 442 g/mol. The molecule has 0 radical (unpaired) electrons. The molecule has 4 rings (SSSR count). The number of benzene rings is 2. The van der Waals surface area contributed by atoms with Crippen molar-refractivity contribution in [1.82, 2.24) is 9.88 Å². The van der Waals surface area contributed by atoms with Crippen molar-refractivity contribution in [3.63, 3.8) is 0 Å². The molecule has 0 saturated carbocycles. The smallest absolute Gasteiger partial charge is 0.152 e. The third-order valence-corrected chi connectivity index (χ3v) is 7.59. The maximum atomic E-state index is 11.8. The standard InChI is InChI=1S/C24H31N3O3S/c1-18(30-2)8-9-25-23-15-19(17-27-10-12-31(28,29)13-11-27)14-21-16-22(26-24(21)23)20-6-4-3-5-7-20/h3-7,14-16,18,25-26H,8-13,17H2,1-2H3. The van der Waals surface area contributed by atoms with E-state index in [4.69, 9.17) is 4.74 Å². The normalized spacial score (nSPS) is 17.6. The summed E-state index contributed by atoms with van der Waals surface area (Å²) in [6.45, 7) is 4.82. The molecule has 0 amide bonds. The molecule has 1 unspecified atom stereocenters. The number of aromatic nitrogens is 1. The summed E-state index contributed by atoms with van der Waals surface area (Å²) in [6.07, 6.45) is 1.11. The van der Waals surface area contributed by atoms with Gasteiger partial charge in [-0.25, -0.2) is 8.42 Å². The minimum absolute atomic E-state index is 0.199. The van der Waals surface area contributed by atoms with Gasteiger partial charge in [-0.05, 0) is 42.7 Å². The summed E-state index contributed by atoms with van der Waals surface area (Å²) in [5, 5.41) is 4.74. The largest absolute Gasteiger partial charge is 0.383 e. The summed E-state index contributed by atoms with van der Waals surface area (Å²) >= 11 is 0. The van der Waals surface area contributed by atoms with Crippen LogP contribution >= 0.6 is 0 Å². The van der Waals surface area contributed by atoms with E-state index >= 15 is 0 Å². The molecule has 7 heteroatoms. The lowest BCUT2D eigenvalue weighted by atomic mass is 10.1. The fourth-order valence-electron chi connectivity index (χ4n) is 4.00. The number of hydrogen-bond acceptors (Lipinski definition) is 5. The van der Waals surface area contributed by atoms with Crippen LogP contribution in [0.2, 0.25) is 0 Å². The van der Waals surface area contributed by atoms with Gasteiger partial charge in [0.15, 0.2) is 9.84 Å². The first kappa shape index (κ1) is 21.9. The van der Waals surface area contributed by atoms with E-state index in [1.54, 1.807) is 7.11 Å². The molecule has 2 aromatic carbocycles. The SMILES string of the molecule is COC(C)CCNc1cc(CN2CCS(=O)(=O)CC2)cc2cc(-c3ccccc3)[nH]c12. The molecule has 6 nitrogen and oxygen atoms in total. The Morgan fingerprint density at radius 2 is 1.87 bits per heavy atom. The molecule has 0 aliphatic carbocycles. The fraction of sp³-hybridized carbons (Fsp3) is 0.417. The van der Waals surface area contributed by atoms with E-state index in [0.29, 0.717) is 13.1 Å². The minimum Gasteiger partial charge on any atom is -0.383 e. The molecule has 1 aromatic heterocycles. The van der Waals surface area contributed by atoms with Gasteiger partial charge in [0.1, 0.15) is 0 Å². The third-order valence-electron chi connectivity index (χ3n) is 5.98. The van der Waals surface area contributed by atoms with Crippen molar-refractivity contribution in [3.05, 3.63) is 54.1 Å². The Labute approximate surface area is 184 Å². The van der Waals surface area contributed by atoms with Gasteiger partial charge in [0, 0.05) is 44.4 Å². The molecular weight excluding hydrogens is 410 g/mol. The van der Waals surface area contributed by atoms with Crippen LogP contribution in [0.3, 0.4) is 0 Å². The van der Waals surface area contributed by atoms with E-state index in [-0.39, 0.29) is 17.6 Å². The number of fused-ring (bicyclic) bond motifs is 1. The number of nitrogens with zero attached hydrogens (tertiary/aromatic N) is 1. The highest BCUT2D eigenvalue weighted by Gasteiger charge is 2.22. The van der Waals surface area contributed by atoms with Crippen molar-refractivity contribution >= 4 is 26.4 Å². The van der Waals surface area contributed by atoms with Crippen LogP contribution in [-0.4, -0.2) is 62.7 Å². The van der Waals surface area contributed by atoms with Crippen molar-refractivity contribution in [2.45, 2.75) is 26.0 Å². The van der Waals surface area contributed by atoms with E-state index < -0.39 is 9.84 Å². The molecule has 1 fully saturated rings. The summed E-state index contributed by atoms with van der Waals surface area (Å²) in [4.78, 5) is 5.81. The molecule has 1 aliphatic heterocycles. The van der Waals surface area contributed by atoms with Crippen molar-refractivity contribution < 1.29 is 13.2 Å². The van der Waals surface area contributed by atoms with Crippen LogP contribution in [0, 0.1) is 0 Å². The van der Waals surface area contributed by atoms with Gasteiger partial charge in [-0.1, -0.05) is 30.3 Å². The second-order valence-electron chi connectivity index (χ2n) is 8.35. The van der Waals surface area contributed by atoms with Crippen LogP contribution < -0.4 is 5.32 Å². The van der Waals surface area contributed by atoms with Gasteiger partial charge in [-0.2, -0.15) is 0 Å². The zero-order chi connectivity index (χ0) is 21.8. The molecular formula is C24H31N3O3S. The predicted octanol–water partition coefficient (Wildman–Crippen LogP) is 3.90. The first-order valence-corrected chi connectivity index (χ1v) is 12.7. The van der Waals surface area contributed by atoms with Crippen LogP contribution in [0.4, 0.5) is 5.69 Å². The Morgan fingerprint density at radius 1 is 1.13 bits per heavy atom. The molecule has 2 heterocycles. The number of sulfone groups is 1. The Kier molecular flexibility index (Phi) is 6.65. The highest BCUT2D eigenvalue weighted by Crippen LogP contribution is 2.31. The van der Waals surface area contributed by atoms with Crippen LogP contribution in [-0.2, 0) is 21.1 Å². The maximum absolute atomic E-state index is 11.8. The summed E-state index contributed by atoms with van der Waals surface area (Å²) in [7, 11) is -1.14. The lowest BCUT2D eigenvalue weighted by molar-refractivity contribution is 0.114. The second-order valence-corrected chi connectivity index (χ2v) is 10.7. The number of nitrogens with one attached hydrogen (secondary N) is 2. The van der Waals surface area contributed by atoms with Crippen LogP contribution in [0.1, 0.15) is 18.9 Å². The molecule has 1 saturated heterocycles. The molecule has 31 heavy (non-hydrogen) atoms. The van der Waals surface area contributed by atoms with E-state index in [0.717, 1.165) is 47.4 Å². The zero-order valence-electron chi connectivity index (χ0n) is 18.2. The van der Waals surface area contributed by atoms with E-state index in [9.17, 15) is 8.42 Å². The minimum atomic E-state index is -2.87. The van der Waals surface area contributed by atoms with Crippen LogP contribution in [0.5, 0.6) is 0 Å². The summed E-state index contributed by atoms with van der Waals surface area (Å²) < 4.78 is 28.9. The third kappa shape index (κ3) is 5.47. The highest BCUT2D eigenvalue weighted by molar-refractivity contribution is 7.91. The molecule has 2 N–H and O–H groups in total. The monoisotopic (exact) mass is 441 g/mol. The van der Waals surface area contributed by atoms with Crippen molar-refractivity contribution in [3.8, 4) is 11.3 Å². The number of hydrogen-bond donors (Lipinski definition) is 2. The van der Waals surface area contributed by atoms with Crippen molar-refractivity contribution in [2.24, 2.45) is 0 Å². The summed E-state index contributed by atoms with van der Waals surface area (Å²) in [5.74, 6) is 0.495. The van der Waals surface area contributed by atoms with Gasteiger partial charge in [0.25, 0.3) is 0 Å². The van der Waals surface area contributed by atoms with Gasteiger partial charge in [-0.3, -0.25) is 4.90 Å². The quantitative estimate of drug-likeness (QED) is 0.555. The molecule has 1 atom stereocenters. The molecule has 1 aliphatic rings.